The lowest BCUT2D eigenvalue weighted by atomic mass is 10.4. The Morgan fingerprint density at radius 1 is 1.07 bits per heavy atom. The molecule has 2 heterocycles. The maximum absolute atomic E-state index is 12.3. The van der Waals surface area contributed by atoms with Crippen molar-refractivity contribution in [3.05, 3.63) is 30.5 Å². The number of hydrogen-bond acceptors (Lipinski definition) is 7. The van der Waals surface area contributed by atoms with Crippen LogP contribution in [0.15, 0.2) is 30.5 Å². The van der Waals surface area contributed by atoms with Crippen LogP contribution in [0.4, 0.5) is 22.0 Å². The molecule has 0 aliphatic carbocycles. The van der Waals surface area contributed by atoms with E-state index >= 15 is 0 Å². The molecule has 6 nitrogen and oxygen atoms in total. The van der Waals surface area contributed by atoms with Crippen molar-refractivity contribution in [3.63, 3.8) is 0 Å². The Labute approximate surface area is 161 Å². The van der Waals surface area contributed by atoms with Crippen LogP contribution in [-0.2, 0) is 0 Å². The average Bonchev–Trinajstić information content (AvgIpc) is 2.60. The van der Waals surface area contributed by atoms with Crippen LogP contribution in [-0.4, -0.2) is 41.6 Å². The van der Waals surface area contributed by atoms with E-state index in [9.17, 15) is 22.0 Å². The summed E-state index contributed by atoms with van der Waals surface area (Å²) in [5.74, 6) is 0.0502. The van der Waals surface area contributed by atoms with Crippen molar-refractivity contribution in [3.8, 4) is 29.1 Å². The highest BCUT2D eigenvalue weighted by Gasteiger charge is 2.27. The highest BCUT2D eigenvalue weighted by molar-refractivity contribution is 8.00. The number of alkyl halides is 5. The smallest absolute Gasteiger partial charge is 0.441 e. The average molecular weight is 426 g/mol. The van der Waals surface area contributed by atoms with Crippen LogP contribution in [0.5, 0.6) is 29.1 Å². The summed E-state index contributed by atoms with van der Waals surface area (Å²) < 4.78 is 80.8. The molecule has 0 radical (unpaired) electrons. The van der Waals surface area contributed by atoms with E-state index in [1.165, 1.54) is 31.5 Å². The third-order valence-corrected chi connectivity index (χ3v) is 3.75. The summed E-state index contributed by atoms with van der Waals surface area (Å²) in [7, 11) is 1.39. The van der Waals surface area contributed by atoms with Gasteiger partial charge < -0.3 is 18.9 Å². The fourth-order valence-corrected chi connectivity index (χ4v) is 2.35. The molecule has 154 valence electrons. The first-order valence-corrected chi connectivity index (χ1v) is 8.72. The summed E-state index contributed by atoms with van der Waals surface area (Å²) in [4.78, 5) is 7.66. The monoisotopic (exact) mass is 426 g/mol. The minimum atomic E-state index is -4.29. The fraction of sp³-hybridized carbons (Fsp3) is 0.375. The number of hydrogen-bond donors (Lipinski definition) is 0. The summed E-state index contributed by atoms with van der Waals surface area (Å²) in [6.07, 6.45) is 1.36. The first kappa shape index (κ1) is 21.8. The Morgan fingerprint density at radius 2 is 1.79 bits per heavy atom. The standard InChI is InChI=1S/C16H15F5N2O4S/c1-24-11-8-13(25-5-2-6-28-16(19,20)21)23-14(9-11)26-10-3-4-22-12(7-10)27-15(17)18/h3-4,7-9,15H,2,5-6H2,1H3. The Balaban J connectivity index is 2.00. The summed E-state index contributed by atoms with van der Waals surface area (Å²) in [5.41, 5.74) is -4.29. The minimum Gasteiger partial charge on any atom is -0.496 e. The highest BCUT2D eigenvalue weighted by Crippen LogP contribution is 2.31. The summed E-state index contributed by atoms with van der Waals surface area (Å²) in [6.45, 7) is -3.03. The van der Waals surface area contributed by atoms with Gasteiger partial charge in [0.2, 0.25) is 17.6 Å². The first-order valence-electron chi connectivity index (χ1n) is 7.73. The maximum Gasteiger partial charge on any atom is 0.441 e. The van der Waals surface area contributed by atoms with Gasteiger partial charge in [0.15, 0.2) is 0 Å². The molecule has 0 saturated carbocycles. The number of thioether (sulfide) groups is 1. The Hall–Kier alpha value is -2.50. The second kappa shape index (κ2) is 10.2. The molecule has 28 heavy (non-hydrogen) atoms. The molecule has 0 bridgehead atoms. The van der Waals surface area contributed by atoms with Crippen LogP contribution < -0.4 is 18.9 Å². The number of methoxy groups -OCH3 is 1. The van der Waals surface area contributed by atoms with Crippen LogP contribution >= 0.6 is 11.8 Å². The quantitative estimate of drug-likeness (QED) is 0.396. The summed E-state index contributed by atoms with van der Waals surface area (Å²) >= 11 is -0.134. The van der Waals surface area contributed by atoms with Crippen LogP contribution in [0, 0.1) is 0 Å². The predicted molar refractivity (Wildman–Crippen MR) is 90.4 cm³/mol. The molecule has 0 amide bonds. The zero-order chi connectivity index (χ0) is 20.6. The number of ether oxygens (including phenoxy) is 4. The molecule has 0 aromatic carbocycles. The van der Waals surface area contributed by atoms with Gasteiger partial charge in [-0.1, -0.05) is 11.8 Å². The third kappa shape index (κ3) is 8.03. The van der Waals surface area contributed by atoms with E-state index in [0.29, 0.717) is 5.75 Å². The number of halogens is 5. The minimum absolute atomic E-state index is 0.00429. The second-order valence-corrected chi connectivity index (χ2v) is 6.15. The molecule has 0 unspecified atom stereocenters. The molecule has 0 atom stereocenters. The fourth-order valence-electron chi connectivity index (χ4n) is 1.86. The SMILES string of the molecule is COc1cc(OCCCSC(F)(F)F)nc(Oc2ccnc(OC(F)F)c2)c1. The topological polar surface area (TPSA) is 62.7 Å². The van der Waals surface area contributed by atoms with E-state index in [2.05, 4.69) is 14.7 Å². The number of pyridine rings is 2. The normalized spacial score (nSPS) is 11.4. The lowest BCUT2D eigenvalue weighted by Crippen LogP contribution is -2.06. The lowest BCUT2D eigenvalue weighted by Gasteiger charge is -2.11. The highest BCUT2D eigenvalue weighted by atomic mass is 32.2. The van der Waals surface area contributed by atoms with Gasteiger partial charge in [0.1, 0.15) is 11.5 Å². The molecular weight excluding hydrogens is 411 g/mol. The van der Waals surface area contributed by atoms with Crippen LogP contribution in [0.3, 0.4) is 0 Å². The van der Waals surface area contributed by atoms with Crippen molar-refractivity contribution in [2.45, 2.75) is 18.5 Å². The van der Waals surface area contributed by atoms with Crippen molar-refractivity contribution >= 4 is 11.8 Å². The van der Waals surface area contributed by atoms with Gasteiger partial charge in [-0.3, -0.25) is 0 Å². The van der Waals surface area contributed by atoms with Crippen molar-refractivity contribution in [2.75, 3.05) is 19.5 Å². The molecule has 2 rings (SSSR count). The van der Waals surface area contributed by atoms with E-state index in [0.717, 1.165) is 6.07 Å². The van der Waals surface area contributed by atoms with Crippen molar-refractivity contribution in [1.82, 2.24) is 9.97 Å². The van der Waals surface area contributed by atoms with E-state index in [4.69, 9.17) is 14.2 Å². The van der Waals surface area contributed by atoms with Crippen LogP contribution in [0.2, 0.25) is 0 Å². The molecule has 0 N–H and O–H groups in total. The van der Waals surface area contributed by atoms with Crippen molar-refractivity contribution in [2.24, 2.45) is 0 Å². The van der Waals surface area contributed by atoms with Gasteiger partial charge in [0.25, 0.3) is 0 Å². The van der Waals surface area contributed by atoms with Gasteiger partial charge in [-0.05, 0) is 12.5 Å². The van der Waals surface area contributed by atoms with Gasteiger partial charge in [-0.25, -0.2) is 4.98 Å². The van der Waals surface area contributed by atoms with Gasteiger partial charge >= 0.3 is 12.1 Å². The van der Waals surface area contributed by atoms with Crippen molar-refractivity contribution in [1.29, 1.82) is 0 Å². The Kier molecular flexibility index (Phi) is 7.91. The van der Waals surface area contributed by atoms with Gasteiger partial charge in [0, 0.05) is 30.1 Å². The maximum atomic E-state index is 12.3. The molecular formula is C16H15F5N2O4S. The molecule has 0 spiro atoms. The van der Waals surface area contributed by atoms with E-state index in [-0.39, 0.29) is 53.9 Å². The first-order chi connectivity index (χ1) is 13.2. The molecule has 12 heteroatoms. The largest absolute Gasteiger partial charge is 0.496 e. The third-order valence-electron chi connectivity index (χ3n) is 2.93. The molecule has 0 saturated heterocycles. The van der Waals surface area contributed by atoms with E-state index in [1.54, 1.807) is 0 Å². The van der Waals surface area contributed by atoms with Crippen LogP contribution in [0.25, 0.3) is 0 Å². The summed E-state index contributed by atoms with van der Waals surface area (Å²) in [6, 6.07) is 5.39. The molecule has 0 fully saturated rings. The Morgan fingerprint density at radius 3 is 2.46 bits per heavy atom. The summed E-state index contributed by atoms with van der Waals surface area (Å²) in [5, 5.41) is 0. The van der Waals surface area contributed by atoms with Gasteiger partial charge in [-0.2, -0.15) is 26.9 Å². The van der Waals surface area contributed by atoms with Crippen LogP contribution in [0.1, 0.15) is 6.42 Å². The zero-order valence-corrected chi connectivity index (χ0v) is 15.2. The lowest BCUT2D eigenvalue weighted by molar-refractivity contribution is -0.0529. The van der Waals surface area contributed by atoms with Gasteiger partial charge in [-0.15, -0.1) is 0 Å². The number of aromatic nitrogens is 2. The molecule has 0 aliphatic rings. The molecule has 2 aromatic heterocycles. The van der Waals surface area contributed by atoms with E-state index in [1.807, 2.05) is 0 Å². The van der Waals surface area contributed by atoms with Gasteiger partial charge in [0.05, 0.1) is 13.7 Å². The van der Waals surface area contributed by atoms with Crippen molar-refractivity contribution < 1.29 is 40.9 Å². The predicted octanol–water partition coefficient (Wildman–Crippen LogP) is 4.90. The number of rotatable bonds is 10. The number of nitrogens with zero attached hydrogens (tertiary/aromatic N) is 2. The molecule has 0 aliphatic heterocycles. The second-order valence-electron chi connectivity index (χ2n) is 4.99. The van der Waals surface area contributed by atoms with E-state index < -0.39 is 12.1 Å². The Bertz CT molecular complexity index is 764. The molecule has 2 aromatic rings. The zero-order valence-electron chi connectivity index (χ0n) is 14.4.